The van der Waals surface area contributed by atoms with Gasteiger partial charge in [-0.15, -0.1) is 47.0 Å². The minimum absolute atomic E-state index is 0.182. The van der Waals surface area contributed by atoms with Crippen molar-refractivity contribution in [2.75, 3.05) is 158 Å². The van der Waals surface area contributed by atoms with Crippen molar-refractivity contribution < 1.29 is 56.8 Å². The molecule has 0 aliphatic carbocycles. The lowest BCUT2D eigenvalue weighted by Gasteiger charge is -2.31. The Morgan fingerprint density at radius 3 is 0.827 bits per heavy atom. The minimum atomic E-state index is -0.182. The molecule has 0 radical (unpaired) electrons. The van der Waals surface area contributed by atoms with Gasteiger partial charge in [-0.3, -0.25) is 0 Å². The van der Waals surface area contributed by atoms with E-state index in [9.17, 15) is 0 Å². The Balaban J connectivity index is 1.28. The molecule has 0 unspecified atom stereocenters. The van der Waals surface area contributed by atoms with Crippen molar-refractivity contribution in [3.63, 3.8) is 0 Å². The average molecular weight is 885 g/mol. The molecule has 0 N–H and O–H groups in total. The summed E-state index contributed by atoms with van der Waals surface area (Å²) in [7, 11) is 6.65. The van der Waals surface area contributed by atoms with Gasteiger partial charge in [0.1, 0.15) is 27.2 Å². The minimum Gasteiger partial charge on any atom is -0.382 e. The van der Waals surface area contributed by atoms with Crippen LogP contribution < -0.4 is 0 Å². The quantitative estimate of drug-likeness (QED) is 0.0606. The molecule has 0 fully saturated rings. The fraction of sp³-hybridized carbons (Fsp3) is 0.812. The molecular weight excluding hydrogens is 833 g/mol. The molecule has 0 amide bonds. The Hall–Kier alpha value is 1.54. The molecule has 300 valence electrons. The van der Waals surface area contributed by atoms with Crippen LogP contribution in [0.3, 0.4) is 0 Å². The van der Waals surface area contributed by atoms with Crippen LogP contribution in [0.2, 0.25) is 0 Å². The first kappa shape index (κ1) is 46.2. The second-order valence-corrected chi connectivity index (χ2v) is 21.3. The maximum atomic E-state index is 6.02. The van der Waals surface area contributed by atoms with Gasteiger partial charge in [0.2, 0.25) is 0 Å². The maximum absolute atomic E-state index is 6.02. The third-order valence-electron chi connectivity index (χ3n) is 7.31. The molecule has 0 saturated carbocycles. The largest absolute Gasteiger partial charge is 0.382 e. The lowest BCUT2D eigenvalue weighted by Crippen LogP contribution is -2.38. The summed E-state index contributed by atoms with van der Waals surface area (Å²) >= 11 is 15.2. The number of hydrogen-bond donors (Lipinski definition) is 0. The van der Waals surface area contributed by atoms with Gasteiger partial charge in [-0.25, -0.2) is 0 Å². The first-order chi connectivity index (χ1) is 25.6. The van der Waals surface area contributed by atoms with E-state index in [0.29, 0.717) is 79.3 Å². The summed E-state index contributed by atoms with van der Waals surface area (Å²) in [6.45, 7) is 7.25. The van der Waals surface area contributed by atoms with E-state index in [1.54, 1.807) is 28.4 Å². The highest BCUT2D eigenvalue weighted by Crippen LogP contribution is 2.68. The fourth-order valence-corrected chi connectivity index (χ4v) is 17.4. The molecule has 4 heterocycles. The van der Waals surface area contributed by atoms with Gasteiger partial charge in [0.25, 0.3) is 0 Å². The van der Waals surface area contributed by atoms with Gasteiger partial charge >= 0.3 is 0 Å². The van der Waals surface area contributed by atoms with Crippen LogP contribution in [-0.4, -0.2) is 158 Å². The number of methoxy groups -OCH3 is 4. The molecule has 0 aromatic rings. The van der Waals surface area contributed by atoms with Gasteiger partial charge in [0.05, 0.1) is 105 Å². The summed E-state index contributed by atoms with van der Waals surface area (Å²) in [5.74, 6) is 3.53. The normalized spacial score (nSPS) is 20.1. The van der Waals surface area contributed by atoms with Crippen LogP contribution in [0.1, 0.15) is 0 Å². The van der Waals surface area contributed by atoms with Crippen LogP contribution in [0.15, 0.2) is 25.4 Å². The van der Waals surface area contributed by atoms with Crippen molar-refractivity contribution in [1.29, 1.82) is 0 Å². The molecule has 0 spiro atoms. The van der Waals surface area contributed by atoms with Gasteiger partial charge in [-0.1, -0.05) is 47.0 Å². The summed E-state index contributed by atoms with van der Waals surface area (Å²) in [4.78, 5) is 0. The van der Waals surface area contributed by atoms with E-state index >= 15 is 0 Å². The number of ether oxygens (including phenoxy) is 12. The predicted molar refractivity (Wildman–Crippen MR) is 221 cm³/mol. The highest BCUT2D eigenvalue weighted by Gasteiger charge is 2.41. The monoisotopic (exact) mass is 884 g/mol. The summed E-state index contributed by atoms with van der Waals surface area (Å²) in [6, 6.07) is 0. The Labute approximate surface area is 342 Å². The third kappa shape index (κ3) is 16.4. The smallest absolute Gasteiger partial charge is 0.146 e. The number of thioether (sulfide) groups is 8. The van der Waals surface area contributed by atoms with E-state index in [4.69, 9.17) is 56.8 Å². The van der Waals surface area contributed by atoms with Crippen molar-refractivity contribution in [2.45, 2.75) is 0 Å². The van der Waals surface area contributed by atoms with Crippen molar-refractivity contribution in [3.8, 4) is 0 Å². The Bertz CT molecular complexity index is 967. The van der Waals surface area contributed by atoms with Crippen LogP contribution in [0.4, 0.5) is 0 Å². The Morgan fingerprint density at radius 1 is 0.346 bits per heavy atom. The van der Waals surface area contributed by atoms with Crippen LogP contribution in [0.5, 0.6) is 0 Å². The molecule has 0 saturated heterocycles. The molecule has 0 aromatic heterocycles. The zero-order valence-electron chi connectivity index (χ0n) is 30.3. The first-order valence-corrected chi connectivity index (χ1v) is 23.8. The SMILES string of the molecule is COCCOCOCC1(COCOCCOC)CSC2=C(SC1)SC(=C1SC3=C(SCC(COCOCCOC)(COCOCCOC)CS3)S1)S2. The Morgan fingerprint density at radius 2 is 0.596 bits per heavy atom. The van der Waals surface area contributed by atoms with E-state index in [1.807, 2.05) is 94.1 Å². The van der Waals surface area contributed by atoms with E-state index in [0.717, 1.165) is 23.0 Å². The van der Waals surface area contributed by atoms with Crippen molar-refractivity contribution in [3.05, 3.63) is 25.4 Å². The summed E-state index contributed by atoms with van der Waals surface area (Å²) < 4.78 is 74.9. The molecule has 0 atom stereocenters. The molecule has 0 aromatic carbocycles. The molecule has 52 heavy (non-hydrogen) atoms. The summed E-state index contributed by atoms with van der Waals surface area (Å²) in [6.07, 6.45) is 0. The lowest BCUT2D eigenvalue weighted by molar-refractivity contribution is -0.117. The first-order valence-electron chi connectivity index (χ1n) is 16.6. The lowest BCUT2D eigenvalue weighted by atomic mass is 9.95. The average Bonchev–Trinajstić information content (AvgIpc) is 3.68. The standard InChI is InChI=1S/C32H52O12S8/c1-33-5-9-37-21-41-13-31(14-42-22-38-10-6-34-2)17-45-25-26(46-18-31)50-29(49-25)30-51-27-28(52-30)48-20-32(19-47-27,15-43-23-39-11-7-35-3)16-44-24-40-12-8-36-4/h5-24H2,1-4H3. The summed E-state index contributed by atoms with van der Waals surface area (Å²) in [5.41, 5.74) is -0.364. The highest BCUT2D eigenvalue weighted by atomic mass is 32.3. The van der Waals surface area contributed by atoms with Crippen LogP contribution in [0, 0.1) is 10.8 Å². The molecule has 4 aliphatic rings. The van der Waals surface area contributed by atoms with Crippen molar-refractivity contribution in [2.24, 2.45) is 10.8 Å². The van der Waals surface area contributed by atoms with Crippen LogP contribution in [-0.2, 0) is 56.8 Å². The zero-order valence-corrected chi connectivity index (χ0v) is 36.8. The number of hydrogen-bond acceptors (Lipinski definition) is 20. The zero-order chi connectivity index (χ0) is 36.7. The summed E-state index contributed by atoms with van der Waals surface area (Å²) in [5, 5.41) is 0. The van der Waals surface area contributed by atoms with E-state index in [2.05, 4.69) is 0 Å². The molecule has 4 aliphatic heterocycles. The van der Waals surface area contributed by atoms with Gasteiger partial charge in [0, 0.05) is 62.3 Å². The highest BCUT2D eigenvalue weighted by molar-refractivity contribution is 8.45. The van der Waals surface area contributed by atoms with Crippen LogP contribution >= 0.6 is 94.1 Å². The van der Waals surface area contributed by atoms with Crippen molar-refractivity contribution >= 4 is 94.1 Å². The molecule has 20 heteroatoms. The van der Waals surface area contributed by atoms with Gasteiger partial charge in [-0.05, 0) is 0 Å². The third-order valence-corrected chi connectivity index (χ3v) is 20.3. The molecule has 0 bridgehead atoms. The fourth-order valence-electron chi connectivity index (χ4n) is 4.51. The molecule has 4 rings (SSSR count). The second-order valence-electron chi connectivity index (χ2n) is 11.8. The van der Waals surface area contributed by atoms with Gasteiger partial charge < -0.3 is 56.8 Å². The van der Waals surface area contributed by atoms with Crippen molar-refractivity contribution in [1.82, 2.24) is 0 Å². The topological polar surface area (TPSA) is 111 Å². The van der Waals surface area contributed by atoms with E-state index < -0.39 is 0 Å². The van der Waals surface area contributed by atoms with E-state index in [1.165, 1.54) is 25.4 Å². The maximum Gasteiger partial charge on any atom is 0.146 e. The Kier molecular flexibility index (Phi) is 24.2. The molecule has 12 nitrogen and oxygen atoms in total. The number of rotatable bonds is 28. The van der Waals surface area contributed by atoms with Gasteiger partial charge in [0.15, 0.2) is 0 Å². The second kappa shape index (κ2) is 27.3. The predicted octanol–water partition coefficient (Wildman–Crippen LogP) is 6.81. The van der Waals surface area contributed by atoms with Crippen LogP contribution in [0.25, 0.3) is 0 Å². The van der Waals surface area contributed by atoms with E-state index in [-0.39, 0.29) is 38.0 Å². The molecular formula is C32H52O12S8. The van der Waals surface area contributed by atoms with Gasteiger partial charge in [-0.2, -0.15) is 0 Å².